The minimum Gasteiger partial charge on any atom is -0.494 e. The van der Waals surface area contributed by atoms with E-state index >= 15 is 0 Å². The molecule has 0 bridgehead atoms. The van der Waals surface area contributed by atoms with Crippen molar-refractivity contribution in [3.05, 3.63) is 34.7 Å². The second-order valence-corrected chi connectivity index (χ2v) is 7.20. The smallest absolute Gasteiger partial charge is 0.294 e. The third-order valence-electron chi connectivity index (χ3n) is 4.36. The van der Waals surface area contributed by atoms with Crippen LogP contribution in [0.4, 0.5) is 4.79 Å². The van der Waals surface area contributed by atoms with Gasteiger partial charge in [-0.2, -0.15) is 0 Å². The molecule has 0 unspecified atom stereocenters. The Balaban J connectivity index is 1.66. The first-order valence-electron chi connectivity index (χ1n) is 8.84. The number of rotatable bonds is 5. The van der Waals surface area contributed by atoms with E-state index in [0.29, 0.717) is 24.6 Å². The van der Waals surface area contributed by atoms with E-state index in [2.05, 4.69) is 0 Å². The van der Waals surface area contributed by atoms with Gasteiger partial charge in [0.15, 0.2) is 0 Å². The van der Waals surface area contributed by atoms with Gasteiger partial charge < -0.3 is 9.64 Å². The zero-order chi connectivity index (χ0) is 18.5. The summed E-state index contributed by atoms with van der Waals surface area (Å²) < 4.78 is 5.39. The Hall–Kier alpha value is -2.28. The van der Waals surface area contributed by atoms with Crippen molar-refractivity contribution in [3.63, 3.8) is 0 Å². The third kappa shape index (κ3) is 4.27. The molecule has 0 spiro atoms. The highest BCUT2D eigenvalue weighted by atomic mass is 32.2. The molecule has 26 heavy (non-hydrogen) atoms. The molecule has 7 heteroatoms. The van der Waals surface area contributed by atoms with Crippen molar-refractivity contribution < 1.29 is 19.1 Å². The van der Waals surface area contributed by atoms with E-state index in [9.17, 15) is 14.4 Å². The molecular formula is C19H22N2O4S. The standard InChI is InChI=1S/C19H22N2O4S/c1-2-25-15-8-6-14(7-9-15)12-16-18(23)21(19(24)26-16)13-17(22)20-10-4-3-5-11-20/h6-9,12H,2-5,10-11,13H2,1H3/b16-12+. The van der Waals surface area contributed by atoms with Gasteiger partial charge in [0.25, 0.3) is 11.1 Å². The number of thioether (sulfide) groups is 1. The molecule has 0 radical (unpaired) electrons. The second kappa shape index (κ2) is 8.40. The van der Waals surface area contributed by atoms with Crippen molar-refractivity contribution >= 4 is 34.9 Å². The van der Waals surface area contributed by atoms with Crippen LogP contribution in [-0.4, -0.2) is 53.1 Å². The van der Waals surface area contributed by atoms with Crippen molar-refractivity contribution in [2.24, 2.45) is 0 Å². The van der Waals surface area contributed by atoms with E-state index in [0.717, 1.165) is 47.2 Å². The van der Waals surface area contributed by atoms with Gasteiger partial charge >= 0.3 is 0 Å². The molecule has 2 aliphatic heterocycles. The maximum atomic E-state index is 12.5. The molecule has 0 saturated carbocycles. The lowest BCUT2D eigenvalue weighted by molar-refractivity contribution is -0.136. The topological polar surface area (TPSA) is 66.9 Å². The summed E-state index contributed by atoms with van der Waals surface area (Å²) in [4.78, 5) is 40.2. The highest BCUT2D eigenvalue weighted by Crippen LogP contribution is 2.32. The SMILES string of the molecule is CCOc1ccc(/C=C2/SC(=O)N(CC(=O)N3CCCCC3)C2=O)cc1. The molecule has 0 N–H and O–H groups in total. The van der Waals surface area contributed by atoms with E-state index in [1.807, 2.05) is 31.2 Å². The molecule has 3 rings (SSSR count). The molecule has 2 saturated heterocycles. The predicted octanol–water partition coefficient (Wildman–Crippen LogP) is 3.13. The number of imide groups is 1. The molecule has 138 valence electrons. The fraction of sp³-hybridized carbons (Fsp3) is 0.421. The number of amides is 3. The molecule has 3 amide bonds. The van der Waals surface area contributed by atoms with Gasteiger partial charge in [0.1, 0.15) is 12.3 Å². The van der Waals surface area contributed by atoms with Gasteiger partial charge in [-0.25, -0.2) is 0 Å². The molecule has 0 atom stereocenters. The number of benzene rings is 1. The molecule has 1 aromatic carbocycles. The van der Waals surface area contributed by atoms with Crippen molar-refractivity contribution in [2.75, 3.05) is 26.2 Å². The van der Waals surface area contributed by atoms with Gasteiger partial charge in [0.05, 0.1) is 11.5 Å². The van der Waals surface area contributed by atoms with Gasteiger partial charge in [-0.3, -0.25) is 19.3 Å². The monoisotopic (exact) mass is 374 g/mol. The van der Waals surface area contributed by atoms with Crippen molar-refractivity contribution in [3.8, 4) is 5.75 Å². The highest BCUT2D eigenvalue weighted by molar-refractivity contribution is 8.18. The number of nitrogens with zero attached hydrogens (tertiary/aromatic N) is 2. The van der Waals surface area contributed by atoms with E-state index in [-0.39, 0.29) is 12.5 Å². The fourth-order valence-corrected chi connectivity index (χ4v) is 3.83. The largest absolute Gasteiger partial charge is 0.494 e. The van der Waals surface area contributed by atoms with Crippen LogP contribution in [0.1, 0.15) is 31.7 Å². The van der Waals surface area contributed by atoms with Crippen molar-refractivity contribution in [2.45, 2.75) is 26.2 Å². The number of hydrogen-bond donors (Lipinski definition) is 0. The quantitative estimate of drug-likeness (QED) is 0.741. The maximum Gasteiger partial charge on any atom is 0.294 e. The first kappa shape index (κ1) is 18.5. The lowest BCUT2D eigenvalue weighted by Gasteiger charge is -2.27. The molecule has 0 aromatic heterocycles. The first-order chi connectivity index (χ1) is 12.6. The van der Waals surface area contributed by atoms with Crippen LogP contribution >= 0.6 is 11.8 Å². The summed E-state index contributed by atoms with van der Waals surface area (Å²) in [5, 5.41) is -0.391. The Morgan fingerprint density at radius 1 is 1.15 bits per heavy atom. The van der Waals surface area contributed by atoms with Crippen LogP contribution in [0.2, 0.25) is 0 Å². The average molecular weight is 374 g/mol. The van der Waals surface area contributed by atoms with E-state index in [1.54, 1.807) is 11.0 Å². The van der Waals surface area contributed by atoms with Gasteiger partial charge in [-0.1, -0.05) is 12.1 Å². The van der Waals surface area contributed by atoms with Crippen LogP contribution in [0, 0.1) is 0 Å². The molecule has 2 fully saturated rings. The Labute approximate surface area is 157 Å². The molecule has 1 aromatic rings. The third-order valence-corrected chi connectivity index (χ3v) is 5.27. The zero-order valence-corrected chi connectivity index (χ0v) is 15.6. The van der Waals surface area contributed by atoms with E-state index < -0.39 is 11.1 Å². The minimum absolute atomic E-state index is 0.158. The van der Waals surface area contributed by atoms with Crippen molar-refractivity contribution in [1.29, 1.82) is 0 Å². The Kier molecular flexibility index (Phi) is 5.98. The lowest BCUT2D eigenvalue weighted by Crippen LogP contribution is -2.44. The van der Waals surface area contributed by atoms with Gasteiger partial charge in [-0.15, -0.1) is 0 Å². The number of piperidine rings is 1. The van der Waals surface area contributed by atoms with Gasteiger partial charge in [0.2, 0.25) is 5.91 Å². The van der Waals surface area contributed by atoms with Gasteiger partial charge in [-0.05, 0) is 61.7 Å². The number of hydrogen-bond acceptors (Lipinski definition) is 5. The summed E-state index contributed by atoms with van der Waals surface area (Å²) in [5.41, 5.74) is 0.807. The Morgan fingerprint density at radius 2 is 1.85 bits per heavy atom. The van der Waals surface area contributed by atoms with Crippen LogP contribution < -0.4 is 4.74 Å². The predicted molar refractivity (Wildman–Crippen MR) is 101 cm³/mol. The molecule has 0 aliphatic carbocycles. The van der Waals surface area contributed by atoms with Crippen LogP contribution in [0.3, 0.4) is 0 Å². The Morgan fingerprint density at radius 3 is 2.50 bits per heavy atom. The van der Waals surface area contributed by atoms with Crippen molar-refractivity contribution in [1.82, 2.24) is 9.80 Å². The van der Waals surface area contributed by atoms with Crippen LogP contribution in [0.15, 0.2) is 29.2 Å². The fourth-order valence-electron chi connectivity index (χ4n) is 2.99. The lowest BCUT2D eigenvalue weighted by atomic mass is 10.1. The molecule has 2 aliphatic rings. The number of carbonyl (C=O) groups is 3. The second-order valence-electron chi connectivity index (χ2n) is 6.21. The van der Waals surface area contributed by atoms with Crippen LogP contribution in [-0.2, 0) is 9.59 Å². The van der Waals surface area contributed by atoms with E-state index in [4.69, 9.17) is 4.74 Å². The van der Waals surface area contributed by atoms with Gasteiger partial charge in [0, 0.05) is 13.1 Å². The van der Waals surface area contributed by atoms with Crippen LogP contribution in [0.25, 0.3) is 6.08 Å². The summed E-state index contributed by atoms with van der Waals surface area (Å²) in [5.74, 6) is 0.193. The summed E-state index contributed by atoms with van der Waals surface area (Å²) in [6.45, 7) is 3.73. The summed E-state index contributed by atoms with van der Waals surface area (Å²) in [7, 11) is 0. The molecule has 6 nitrogen and oxygen atoms in total. The van der Waals surface area contributed by atoms with Crippen LogP contribution in [0.5, 0.6) is 5.75 Å². The minimum atomic E-state index is -0.403. The highest BCUT2D eigenvalue weighted by Gasteiger charge is 2.37. The average Bonchev–Trinajstić information content (AvgIpc) is 2.91. The normalized spacial score (nSPS) is 19.3. The number of likely N-dealkylation sites (tertiary alicyclic amines) is 1. The maximum absolute atomic E-state index is 12.5. The number of carbonyl (C=O) groups excluding carboxylic acids is 3. The van der Waals surface area contributed by atoms with E-state index in [1.165, 1.54) is 0 Å². The summed E-state index contributed by atoms with van der Waals surface area (Å²) >= 11 is 0.876. The zero-order valence-electron chi connectivity index (χ0n) is 14.8. The summed E-state index contributed by atoms with van der Waals surface area (Å²) in [6.07, 6.45) is 4.75. The Bertz CT molecular complexity index is 724. The molecule has 2 heterocycles. The molecular weight excluding hydrogens is 352 g/mol. The number of ether oxygens (including phenoxy) is 1. The summed E-state index contributed by atoms with van der Waals surface area (Å²) in [6, 6.07) is 7.30. The first-order valence-corrected chi connectivity index (χ1v) is 9.66.